The van der Waals surface area contributed by atoms with E-state index in [0.717, 1.165) is 33.8 Å². The summed E-state index contributed by atoms with van der Waals surface area (Å²) in [5, 5.41) is 19.8. The van der Waals surface area contributed by atoms with Gasteiger partial charge in [-0.25, -0.2) is 0 Å². The van der Waals surface area contributed by atoms with Gasteiger partial charge in [-0.2, -0.15) is 10.5 Å². The molecule has 4 aromatic carbocycles. The molecule has 4 aromatic rings. The second-order valence-corrected chi connectivity index (χ2v) is 7.59. The second-order valence-electron chi connectivity index (χ2n) is 7.59. The molecule has 0 radical (unpaired) electrons. The van der Waals surface area contributed by atoms with Crippen molar-refractivity contribution in [2.75, 3.05) is 14.2 Å². The molecule has 4 nitrogen and oxygen atoms in total. The van der Waals surface area contributed by atoms with E-state index in [-0.39, 0.29) is 0 Å². The van der Waals surface area contributed by atoms with Crippen LogP contribution < -0.4 is 9.47 Å². The molecule has 4 rings (SSSR count). The lowest BCUT2D eigenvalue weighted by molar-refractivity contribution is 0.415. The summed E-state index contributed by atoms with van der Waals surface area (Å²) in [6, 6.07) is 35.4. The highest BCUT2D eigenvalue weighted by Gasteiger charge is 2.12. The van der Waals surface area contributed by atoms with E-state index in [9.17, 15) is 10.5 Å². The lowest BCUT2D eigenvalue weighted by atomic mass is 9.93. The Balaban J connectivity index is 1.64. The fraction of sp³-hybridized carbons (Fsp3) is 0.0667. The van der Waals surface area contributed by atoms with Crippen molar-refractivity contribution in [3.05, 3.63) is 108 Å². The van der Waals surface area contributed by atoms with Crippen molar-refractivity contribution < 1.29 is 9.47 Å². The van der Waals surface area contributed by atoms with Gasteiger partial charge in [0, 0.05) is 0 Å². The van der Waals surface area contributed by atoms with Gasteiger partial charge in [0.25, 0.3) is 0 Å². The van der Waals surface area contributed by atoms with Crippen molar-refractivity contribution in [1.82, 2.24) is 0 Å². The van der Waals surface area contributed by atoms with Gasteiger partial charge in [-0.05, 0) is 57.6 Å². The Hall–Kier alpha value is -4.80. The maximum absolute atomic E-state index is 9.88. The predicted octanol–water partition coefficient (Wildman–Crippen LogP) is 7.00. The Labute approximate surface area is 199 Å². The summed E-state index contributed by atoms with van der Waals surface area (Å²) >= 11 is 0. The number of rotatable bonds is 6. The monoisotopic (exact) mass is 442 g/mol. The van der Waals surface area contributed by atoms with Crippen LogP contribution in [0.25, 0.3) is 33.4 Å². The minimum absolute atomic E-state index is 0.348. The fourth-order valence-corrected chi connectivity index (χ4v) is 3.76. The van der Waals surface area contributed by atoms with Crippen LogP contribution in [0, 0.1) is 22.7 Å². The Bertz CT molecular complexity index is 1280. The van der Waals surface area contributed by atoms with Crippen LogP contribution in [0.3, 0.4) is 0 Å². The summed E-state index contributed by atoms with van der Waals surface area (Å²) in [4.78, 5) is 0. The number of hydrogen-bond acceptors (Lipinski definition) is 4. The smallest absolute Gasteiger partial charge is 0.118 e. The molecule has 0 bridgehead atoms. The third-order valence-electron chi connectivity index (χ3n) is 5.67. The first kappa shape index (κ1) is 22.4. The summed E-state index contributed by atoms with van der Waals surface area (Å²) in [5.41, 5.74) is 6.24. The van der Waals surface area contributed by atoms with Crippen LogP contribution in [-0.4, -0.2) is 14.2 Å². The molecular weight excluding hydrogens is 420 g/mol. The van der Waals surface area contributed by atoms with Crippen LogP contribution in [0.1, 0.15) is 11.1 Å². The number of benzene rings is 4. The van der Waals surface area contributed by atoms with Crippen LogP contribution in [0.15, 0.2) is 97.1 Å². The lowest BCUT2D eigenvalue weighted by Crippen LogP contribution is -1.91. The standard InChI is InChI=1S/C30H22N2O2/c1-33-27-15-11-23(12-16-27)21-3-7-25(8-4-21)29(19-31)30(20-32)26-9-5-22(6-10-26)24-13-17-28(34-2)18-14-24/h3-18H,1-2H3. The van der Waals surface area contributed by atoms with Crippen LogP contribution in [0.2, 0.25) is 0 Å². The molecule has 4 heteroatoms. The summed E-state index contributed by atoms with van der Waals surface area (Å²) in [6.45, 7) is 0. The minimum Gasteiger partial charge on any atom is -0.497 e. The zero-order valence-corrected chi connectivity index (χ0v) is 18.9. The van der Waals surface area contributed by atoms with E-state index < -0.39 is 0 Å². The summed E-state index contributed by atoms with van der Waals surface area (Å²) in [7, 11) is 3.28. The highest BCUT2D eigenvalue weighted by molar-refractivity contribution is 6.03. The average Bonchev–Trinajstić information content (AvgIpc) is 2.92. The zero-order valence-electron chi connectivity index (χ0n) is 18.9. The van der Waals surface area contributed by atoms with Crippen molar-refractivity contribution in [3.63, 3.8) is 0 Å². The first-order valence-corrected chi connectivity index (χ1v) is 10.7. The van der Waals surface area contributed by atoms with E-state index in [2.05, 4.69) is 12.1 Å². The van der Waals surface area contributed by atoms with Gasteiger partial charge in [-0.1, -0.05) is 72.8 Å². The van der Waals surface area contributed by atoms with Crippen molar-refractivity contribution in [1.29, 1.82) is 10.5 Å². The first-order chi connectivity index (χ1) is 16.7. The average molecular weight is 443 g/mol. The van der Waals surface area contributed by atoms with Crippen LogP contribution in [-0.2, 0) is 0 Å². The molecule has 0 heterocycles. The number of allylic oxidation sites excluding steroid dienone is 2. The van der Waals surface area contributed by atoms with Gasteiger partial charge in [0.05, 0.1) is 25.4 Å². The zero-order chi connectivity index (χ0) is 23.9. The number of methoxy groups -OCH3 is 2. The van der Waals surface area contributed by atoms with E-state index in [4.69, 9.17) is 9.47 Å². The molecular formula is C30H22N2O2. The lowest BCUT2D eigenvalue weighted by Gasteiger charge is -2.08. The molecule has 0 aliphatic rings. The normalized spacial score (nSPS) is 11.1. The van der Waals surface area contributed by atoms with E-state index >= 15 is 0 Å². The van der Waals surface area contributed by atoms with Gasteiger partial charge in [0.2, 0.25) is 0 Å². The predicted molar refractivity (Wildman–Crippen MR) is 135 cm³/mol. The summed E-state index contributed by atoms with van der Waals surface area (Å²) in [6.07, 6.45) is 0. The number of nitriles is 2. The van der Waals surface area contributed by atoms with Crippen LogP contribution >= 0.6 is 0 Å². The first-order valence-electron chi connectivity index (χ1n) is 10.7. The Morgan fingerprint density at radius 2 is 0.735 bits per heavy atom. The number of nitrogens with zero attached hydrogens (tertiary/aromatic N) is 2. The topological polar surface area (TPSA) is 66.0 Å². The molecule has 0 amide bonds. The molecule has 0 atom stereocenters. The van der Waals surface area contributed by atoms with Crippen molar-refractivity contribution in [3.8, 4) is 45.9 Å². The van der Waals surface area contributed by atoms with Gasteiger partial charge in [0.1, 0.15) is 23.6 Å². The number of ether oxygens (including phenoxy) is 2. The van der Waals surface area contributed by atoms with Gasteiger partial charge in [0.15, 0.2) is 0 Å². The van der Waals surface area contributed by atoms with Gasteiger partial charge < -0.3 is 9.47 Å². The summed E-state index contributed by atoms with van der Waals surface area (Å²) in [5.74, 6) is 1.60. The third-order valence-corrected chi connectivity index (χ3v) is 5.67. The SMILES string of the molecule is COc1ccc(-c2ccc(C(C#N)=C(C#N)c3ccc(-c4ccc(OC)cc4)cc3)cc2)cc1. The maximum atomic E-state index is 9.88. The molecule has 0 unspecified atom stereocenters. The summed E-state index contributed by atoms with van der Waals surface area (Å²) < 4.78 is 10.4. The molecule has 164 valence electrons. The molecule has 34 heavy (non-hydrogen) atoms. The molecule has 0 aromatic heterocycles. The molecule has 0 saturated heterocycles. The molecule has 0 saturated carbocycles. The van der Waals surface area contributed by atoms with E-state index in [1.807, 2.05) is 97.1 Å². The highest BCUT2D eigenvalue weighted by atomic mass is 16.5. The fourth-order valence-electron chi connectivity index (χ4n) is 3.76. The van der Waals surface area contributed by atoms with Crippen molar-refractivity contribution in [2.24, 2.45) is 0 Å². The molecule has 0 aliphatic heterocycles. The second kappa shape index (κ2) is 10.2. The molecule has 0 fully saturated rings. The Morgan fingerprint density at radius 1 is 0.471 bits per heavy atom. The molecule has 0 N–H and O–H groups in total. The van der Waals surface area contributed by atoms with Crippen LogP contribution in [0.5, 0.6) is 11.5 Å². The maximum Gasteiger partial charge on any atom is 0.118 e. The van der Waals surface area contributed by atoms with E-state index in [1.54, 1.807) is 14.2 Å². The van der Waals surface area contributed by atoms with Gasteiger partial charge in [-0.15, -0.1) is 0 Å². The third kappa shape index (κ3) is 4.67. The van der Waals surface area contributed by atoms with E-state index in [0.29, 0.717) is 22.3 Å². The van der Waals surface area contributed by atoms with Gasteiger partial charge in [-0.3, -0.25) is 0 Å². The highest BCUT2D eigenvalue weighted by Crippen LogP contribution is 2.30. The van der Waals surface area contributed by atoms with Crippen molar-refractivity contribution in [2.45, 2.75) is 0 Å². The minimum atomic E-state index is 0.348. The largest absolute Gasteiger partial charge is 0.497 e. The Morgan fingerprint density at radius 3 is 0.971 bits per heavy atom. The van der Waals surface area contributed by atoms with E-state index in [1.165, 1.54) is 0 Å². The molecule has 0 aliphatic carbocycles. The molecule has 0 spiro atoms. The Kier molecular flexibility index (Phi) is 6.73. The van der Waals surface area contributed by atoms with Crippen LogP contribution in [0.4, 0.5) is 0 Å². The van der Waals surface area contributed by atoms with Crippen molar-refractivity contribution >= 4 is 11.1 Å². The quantitative estimate of drug-likeness (QED) is 0.238. The number of hydrogen-bond donors (Lipinski definition) is 0. The van der Waals surface area contributed by atoms with Gasteiger partial charge >= 0.3 is 0 Å².